The molecule has 0 aromatic heterocycles. The van der Waals surface area contributed by atoms with Crippen molar-refractivity contribution in [1.29, 1.82) is 5.26 Å². The van der Waals surface area contributed by atoms with Crippen molar-refractivity contribution < 1.29 is 23.8 Å². The van der Waals surface area contributed by atoms with E-state index >= 15 is 4.39 Å². The molecule has 3 aromatic carbocycles. The van der Waals surface area contributed by atoms with Crippen molar-refractivity contribution in [3.63, 3.8) is 0 Å². The van der Waals surface area contributed by atoms with Crippen LogP contribution in [0.1, 0.15) is 54.6 Å². The van der Waals surface area contributed by atoms with Gasteiger partial charge in [0.1, 0.15) is 17.0 Å². The zero-order chi connectivity index (χ0) is 29.9. The molecule has 4 atom stereocenters. The van der Waals surface area contributed by atoms with Crippen molar-refractivity contribution in [3.8, 4) is 22.9 Å². The number of hydrogen-bond donors (Lipinski definition) is 3. The van der Waals surface area contributed by atoms with Gasteiger partial charge in [0, 0.05) is 22.5 Å². The summed E-state index contributed by atoms with van der Waals surface area (Å²) in [4.78, 5) is 25.5. The predicted octanol–water partition coefficient (Wildman–Crippen LogP) is 6.78. The van der Waals surface area contributed by atoms with Crippen LogP contribution in [0.15, 0.2) is 48.5 Å². The van der Waals surface area contributed by atoms with Crippen LogP contribution in [-0.4, -0.2) is 36.2 Å². The lowest BCUT2D eigenvalue weighted by atomic mass is 9.58. The molecule has 1 amide bonds. The number of amides is 1. The summed E-state index contributed by atoms with van der Waals surface area (Å²) >= 11 is 12.7. The van der Waals surface area contributed by atoms with E-state index in [0.717, 1.165) is 0 Å². The fourth-order valence-electron chi connectivity index (χ4n) is 6.28. The molecule has 212 valence electrons. The molecule has 1 aliphatic heterocycles. The van der Waals surface area contributed by atoms with Crippen LogP contribution in [0, 0.1) is 22.6 Å². The van der Waals surface area contributed by atoms with E-state index in [0.29, 0.717) is 28.1 Å². The van der Waals surface area contributed by atoms with Crippen LogP contribution in [0.4, 0.5) is 10.1 Å². The molecule has 0 spiro atoms. The number of aromatic carboxylic acids is 1. The van der Waals surface area contributed by atoms with Crippen LogP contribution in [0.2, 0.25) is 10.0 Å². The van der Waals surface area contributed by atoms with E-state index in [4.69, 9.17) is 27.9 Å². The van der Waals surface area contributed by atoms with Crippen molar-refractivity contribution in [2.45, 2.75) is 50.6 Å². The molecule has 3 N–H and O–H groups in total. The van der Waals surface area contributed by atoms with Gasteiger partial charge >= 0.3 is 5.97 Å². The quantitative estimate of drug-likeness (QED) is 0.300. The lowest BCUT2D eigenvalue weighted by Gasteiger charge is -2.42. The molecule has 1 fully saturated rings. The van der Waals surface area contributed by atoms with Crippen LogP contribution >= 0.6 is 23.2 Å². The molecular weight excluding hydrogens is 568 g/mol. The zero-order valence-corrected chi connectivity index (χ0v) is 24.3. The fourth-order valence-corrected chi connectivity index (χ4v) is 6.62. The fraction of sp³-hybridized carbons (Fsp3) is 0.323. The maximum atomic E-state index is 16.1. The normalized spacial score (nSPS) is 22.6. The first kappa shape index (κ1) is 28.9. The zero-order valence-electron chi connectivity index (χ0n) is 22.8. The predicted molar refractivity (Wildman–Crippen MR) is 155 cm³/mol. The molecule has 0 unspecified atom stereocenters. The van der Waals surface area contributed by atoms with Crippen molar-refractivity contribution in [2.24, 2.45) is 5.41 Å². The first-order valence-corrected chi connectivity index (χ1v) is 13.8. The van der Waals surface area contributed by atoms with E-state index in [1.54, 1.807) is 24.3 Å². The lowest BCUT2D eigenvalue weighted by Crippen LogP contribution is -2.45. The van der Waals surface area contributed by atoms with Gasteiger partial charge in [0.05, 0.1) is 35.5 Å². The average molecular weight is 596 g/mol. The number of carboxylic acids is 1. The molecular formula is C31H28Cl2FN3O4. The van der Waals surface area contributed by atoms with Crippen LogP contribution < -0.4 is 15.4 Å². The molecule has 7 nitrogen and oxygen atoms in total. The summed E-state index contributed by atoms with van der Waals surface area (Å²) in [7, 11) is 1.36. The number of nitrogens with zero attached hydrogens (tertiary/aromatic N) is 1. The summed E-state index contributed by atoms with van der Waals surface area (Å²) in [5.74, 6) is -3.18. The smallest absolute Gasteiger partial charge is 0.335 e. The summed E-state index contributed by atoms with van der Waals surface area (Å²) in [6, 6.07) is 13.4. The summed E-state index contributed by atoms with van der Waals surface area (Å²) in [6.07, 6.45) is 0.497. The van der Waals surface area contributed by atoms with Gasteiger partial charge in [-0.2, -0.15) is 5.26 Å². The third kappa shape index (κ3) is 4.72. The summed E-state index contributed by atoms with van der Waals surface area (Å²) < 4.78 is 21.4. The first-order valence-electron chi connectivity index (χ1n) is 13.0. The molecule has 0 radical (unpaired) electrons. The number of nitriles is 1. The Bertz CT molecular complexity index is 1630. The maximum Gasteiger partial charge on any atom is 0.335 e. The number of carbonyl (C=O) groups is 2. The van der Waals surface area contributed by atoms with Gasteiger partial charge in [0.2, 0.25) is 5.91 Å². The Morgan fingerprint density at radius 1 is 1.15 bits per heavy atom. The number of benzene rings is 3. The Morgan fingerprint density at radius 2 is 1.88 bits per heavy atom. The van der Waals surface area contributed by atoms with Crippen molar-refractivity contribution in [3.05, 3.63) is 81.1 Å². The third-order valence-corrected chi connectivity index (χ3v) is 8.43. The molecule has 3 aromatic rings. The molecule has 1 heterocycles. The van der Waals surface area contributed by atoms with E-state index in [1.165, 1.54) is 31.4 Å². The number of methoxy groups -OCH3 is 1. The van der Waals surface area contributed by atoms with E-state index in [2.05, 4.69) is 16.7 Å². The van der Waals surface area contributed by atoms with Gasteiger partial charge in [-0.05, 0) is 64.9 Å². The lowest BCUT2D eigenvalue weighted by molar-refractivity contribution is -0.118. The highest BCUT2D eigenvalue weighted by Crippen LogP contribution is 2.59. The number of ether oxygens (including phenoxy) is 1. The van der Waals surface area contributed by atoms with Crippen LogP contribution in [-0.2, 0) is 10.2 Å². The summed E-state index contributed by atoms with van der Waals surface area (Å²) in [5, 5.41) is 26.9. The first-order chi connectivity index (χ1) is 19.3. The van der Waals surface area contributed by atoms with Crippen LogP contribution in [0.25, 0.3) is 11.1 Å². The molecule has 1 saturated heterocycles. The highest BCUT2D eigenvalue weighted by molar-refractivity contribution is 6.31. The van der Waals surface area contributed by atoms with E-state index < -0.39 is 41.1 Å². The number of hydrogen-bond acceptors (Lipinski definition) is 5. The average Bonchev–Trinajstić information content (AvgIpc) is 3.23. The highest BCUT2D eigenvalue weighted by atomic mass is 35.5. The van der Waals surface area contributed by atoms with Gasteiger partial charge in [-0.25, -0.2) is 9.18 Å². The molecule has 5 rings (SSSR count). The Kier molecular flexibility index (Phi) is 7.27. The van der Waals surface area contributed by atoms with Gasteiger partial charge in [0.15, 0.2) is 0 Å². The number of carboxylic acid groups (broad SMARTS) is 1. The third-order valence-electron chi connectivity index (χ3n) is 7.91. The Balaban J connectivity index is 1.71. The SMILES string of the molecule is COc1cc(C(=O)O)ccc1NC(=O)[C@@H]1N[C@@H](CC(C)(C)C)[C@]2(C#N)c3ccc(Cl)cc3-c3ccc(Cl)c(F)c3[C@@H]12. The topological polar surface area (TPSA) is 111 Å². The standard InChI is InChI=1S/C31H28Cl2FN3O4/c1-30(2,3)13-23-31(14-35)19-8-6-16(32)12-18(19)17-7-9-20(33)26(34)24(17)25(31)27(37-23)28(38)36-21-10-5-15(29(39)40)11-22(21)41-4/h5-12,23,25,27,37H,13H2,1-4H3,(H,36,38)(H,39,40)/t23-,25-,27+,31-/m0/s1. The van der Waals surface area contributed by atoms with Crippen LogP contribution in [0.3, 0.4) is 0 Å². The van der Waals surface area contributed by atoms with Crippen molar-refractivity contribution in [2.75, 3.05) is 12.4 Å². The second-order valence-electron chi connectivity index (χ2n) is 11.6. The summed E-state index contributed by atoms with van der Waals surface area (Å²) in [6.45, 7) is 6.11. The minimum absolute atomic E-state index is 0.0132. The van der Waals surface area contributed by atoms with E-state index in [9.17, 15) is 20.0 Å². The maximum absolute atomic E-state index is 16.1. The van der Waals surface area contributed by atoms with Gasteiger partial charge < -0.3 is 20.5 Å². The van der Waals surface area contributed by atoms with Gasteiger partial charge in [-0.1, -0.05) is 56.1 Å². The molecule has 41 heavy (non-hydrogen) atoms. The Labute approximate surface area is 247 Å². The van der Waals surface area contributed by atoms with Crippen molar-refractivity contribution in [1.82, 2.24) is 5.32 Å². The largest absolute Gasteiger partial charge is 0.495 e. The molecule has 1 aliphatic carbocycles. The van der Waals surface area contributed by atoms with Gasteiger partial charge in [-0.15, -0.1) is 0 Å². The number of rotatable bonds is 5. The number of anilines is 1. The molecule has 2 aliphatic rings. The number of nitrogens with one attached hydrogen (secondary N) is 2. The highest BCUT2D eigenvalue weighted by Gasteiger charge is 2.63. The summed E-state index contributed by atoms with van der Waals surface area (Å²) in [5.41, 5.74) is 0.586. The minimum Gasteiger partial charge on any atom is -0.495 e. The second kappa shape index (κ2) is 10.3. The number of carbonyl (C=O) groups excluding carboxylic acids is 1. The molecule has 0 saturated carbocycles. The number of fused-ring (bicyclic) bond motifs is 6. The van der Waals surface area contributed by atoms with E-state index in [-0.39, 0.29) is 33.0 Å². The van der Waals surface area contributed by atoms with Gasteiger partial charge in [0.25, 0.3) is 0 Å². The Hall–Kier alpha value is -3.64. The molecule has 10 heteroatoms. The Morgan fingerprint density at radius 3 is 2.51 bits per heavy atom. The monoisotopic (exact) mass is 595 g/mol. The van der Waals surface area contributed by atoms with Crippen molar-refractivity contribution >= 4 is 40.8 Å². The van der Waals surface area contributed by atoms with Gasteiger partial charge in [-0.3, -0.25) is 4.79 Å². The molecule has 0 bridgehead atoms. The number of halogens is 3. The minimum atomic E-state index is -1.34. The van der Waals surface area contributed by atoms with Crippen LogP contribution in [0.5, 0.6) is 5.75 Å². The van der Waals surface area contributed by atoms with E-state index in [1.807, 2.05) is 20.8 Å². The second-order valence-corrected chi connectivity index (χ2v) is 12.5.